The maximum atomic E-state index is 11.8. The zero-order chi connectivity index (χ0) is 15.6. The highest BCUT2D eigenvalue weighted by molar-refractivity contribution is 7.88. The standard InChI is InChI=1S/C13H20N4O3S/c1-9-15-10(5-6-13(14)18)8-11(16-9)12-4-3-7-17(12)21(2,19)20/h8,12H,3-7H2,1-2H3,(H2,14,18)/t12-/m1/s1. The Kier molecular flexibility index (Phi) is 4.58. The number of rotatable bonds is 5. The van der Waals surface area contributed by atoms with E-state index in [1.807, 2.05) is 0 Å². The summed E-state index contributed by atoms with van der Waals surface area (Å²) in [5.74, 6) is 0.193. The second kappa shape index (κ2) is 6.07. The molecule has 8 heteroatoms. The van der Waals surface area contributed by atoms with Crippen LogP contribution in [0.3, 0.4) is 0 Å². The monoisotopic (exact) mass is 312 g/mol. The van der Waals surface area contributed by atoms with Gasteiger partial charge in [-0.1, -0.05) is 0 Å². The van der Waals surface area contributed by atoms with Gasteiger partial charge in [-0.2, -0.15) is 4.31 Å². The average molecular weight is 312 g/mol. The molecule has 1 aliphatic heterocycles. The van der Waals surface area contributed by atoms with E-state index < -0.39 is 10.0 Å². The summed E-state index contributed by atoms with van der Waals surface area (Å²) in [6, 6.07) is 1.54. The van der Waals surface area contributed by atoms with Gasteiger partial charge in [0.1, 0.15) is 5.82 Å². The lowest BCUT2D eigenvalue weighted by Crippen LogP contribution is -2.30. The number of nitrogens with zero attached hydrogens (tertiary/aromatic N) is 3. The minimum Gasteiger partial charge on any atom is -0.370 e. The number of sulfonamides is 1. The zero-order valence-electron chi connectivity index (χ0n) is 12.2. The van der Waals surface area contributed by atoms with E-state index in [4.69, 9.17) is 5.73 Å². The Morgan fingerprint density at radius 1 is 1.48 bits per heavy atom. The number of amides is 1. The Bertz CT molecular complexity index is 645. The van der Waals surface area contributed by atoms with E-state index in [0.29, 0.717) is 24.5 Å². The molecule has 0 radical (unpaired) electrons. The molecule has 1 aromatic heterocycles. The molecule has 1 amide bonds. The molecule has 0 bridgehead atoms. The van der Waals surface area contributed by atoms with Crippen LogP contribution in [0.1, 0.15) is 42.5 Å². The highest BCUT2D eigenvalue weighted by Gasteiger charge is 2.33. The first kappa shape index (κ1) is 15.8. The molecule has 0 spiro atoms. The van der Waals surface area contributed by atoms with E-state index in [-0.39, 0.29) is 18.4 Å². The molecule has 0 saturated carbocycles. The van der Waals surface area contributed by atoms with Crippen molar-refractivity contribution in [1.82, 2.24) is 14.3 Å². The fourth-order valence-corrected chi connectivity index (χ4v) is 3.77. The molecule has 2 heterocycles. The van der Waals surface area contributed by atoms with Crippen LogP contribution in [0.25, 0.3) is 0 Å². The molecule has 0 aliphatic carbocycles. The van der Waals surface area contributed by atoms with Crippen molar-refractivity contribution in [2.75, 3.05) is 12.8 Å². The predicted octanol–water partition coefficient (Wildman–Crippen LogP) is 0.299. The SMILES string of the molecule is Cc1nc(CCC(N)=O)cc([C@H]2CCCN2S(C)(=O)=O)n1. The van der Waals surface area contributed by atoms with Gasteiger partial charge in [-0.05, 0) is 32.3 Å². The Labute approximate surface area is 124 Å². The van der Waals surface area contributed by atoms with Crippen molar-refractivity contribution in [3.05, 3.63) is 23.3 Å². The highest BCUT2D eigenvalue weighted by Crippen LogP contribution is 2.33. The van der Waals surface area contributed by atoms with Crippen LogP contribution in [0.5, 0.6) is 0 Å². The number of hydrogen-bond donors (Lipinski definition) is 1. The molecule has 1 saturated heterocycles. The number of nitrogens with two attached hydrogens (primary N) is 1. The molecule has 2 rings (SSSR count). The molecule has 1 fully saturated rings. The van der Waals surface area contributed by atoms with Gasteiger partial charge in [0.15, 0.2) is 0 Å². The van der Waals surface area contributed by atoms with Crippen molar-refractivity contribution in [2.24, 2.45) is 5.73 Å². The summed E-state index contributed by atoms with van der Waals surface area (Å²) < 4.78 is 25.1. The third-order valence-corrected chi connectivity index (χ3v) is 4.80. The number of hydrogen-bond acceptors (Lipinski definition) is 5. The Morgan fingerprint density at radius 3 is 2.81 bits per heavy atom. The topological polar surface area (TPSA) is 106 Å². The summed E-state index contributed by atoms with van der Waals surface area (Å²) >= 11 is 0. The Balaban J connectivity index is 2.28. The lowest BCUT2D eigenvalue weighted by molar-refractivity contribution is -0.118. The van der Waals surface area contributed by atoms with Crippen LogP contribution in [0.4, 0.5) is 0 Å². The summed E-state index contributed by atoms with van der Waals surface area (Å²) in [7, 11) is -3.25. The molecule has 1 atom stereocenters. The minimum absolute atomic E-state index is 0.219. The van der Waals surface area contributed by atoms with Crippen molar-refractivity contribution < 1.29 is 13.2 Å². The number of aromatic nitrogens is 2. The maximum absolute atomic E-state index is 11.8. The number of carbonyl (C=O) groups is 1. The van der Waals surface area contributed by atoms with Gasteiger partial charge < -0.3 is 5.73 Å². The van der Waals surface area contributed by atoms with Crippen molar-refractivity contribution in [3.63, 3.8) is 0 Å². The van der Waals surface area contributed by atoms with Crippen LogP contribution in [0.2, 0.25) is 0 Å². The maximum Gasteiger partial charge on any atom is 0.217 e. The smallest absolute Gasteiger partial charge is 0.217 e. The van der Waals surface area contributed by atoms with E-state index in [2.05, 4.69) is 9.97 Å². The lowest BCUT2D eigenvalue weighted by Gasteiger charge is -2.22. The molecule has 0 aromatic carbocycles. The third-order valence-electron chi connectivity index (χ3n) is 3.51. The first-order chi connectivity index (χ1) is 9.77. The number of primary amides is 1. The van der Waals surface area contributed by atoms with Gasteiger partial charge in [-0.3, -0.25) is 4.79 Å². The molecule has 116 valence electrons. The average Bonchev–Trinajstić information content (AvgIpc) is 2.84. The quantitative estimate of drug-likeness (QED) is 0.841. The Morgan fingerprint density at radius 2 is 2.19 bits per heavy atom. The van der Waals surface area contributed by atoms with Crippen LogP contribution >= 0.6 is 0 Å². The van der Waals surface area contributed by atoms with Gasteiger partial charge in [0.05, 0.1) is 18.0 Å². The van der Waals surface area contributed by atoms with E-state index in [1.54, 1.807) is 13.0 Å². The van der Waals surface area contributed by atoms with Crippen LogP contribution in [-0.4, -0.2) is 41.4 Å². The van der Waals surface area contributed by atoms with Gasteiger partial charge in [0.2, 0.25) is 15.9 Å². The van der Waals surface area contributed by atoms with Gasteiger partial charge in [0, 0.05) is 18.7 Å². The lowest BCUT2D eigenvalue weighted by atomic mass is 10.1. The van der Waals surface area contributed by atoms with Crippen LogP contribution < -0.4 is 5.73 Å². The minimum atomic E-state index is -3.25. The second-order valence-electron chi connectivity index (χ2n) is 5.33. The summed E-state index contributed by atoms with van der Waals surface area (Å²) in [5.41, 5.74) is 6.57. The molecular weight excluding hydrogens is 292 g/mol. The van der Waals surface area contributed by atoms with Gasteiger partial charge in [-0.15, -0.1) is 0 Å². The van der Waals surface area contributed by atoms with E-state index in [0.717, 1.165) is 18.5 Å². The fourth-order valence-electron chi connectivity index (χ4n) is 2.64. The van der Waals surface area contributed by atoms with Crippen molar-refractivity contribution in [1.29, 1.82) is 0 Å². The van der Waals surface area contributed by atoms with Crippen LogP contribution in [-0.2, 0) is 21.2 Å². The first-order valence-electron chi connectivity index (χ1n) is 6.87. The van der Waals surface area contributed by atoms with E-state index >= 15 is 0 Å². The molecule has 21 heavy (non-hydrogen) atoms. The summed E-state index contributed by atoms with van der Waals surface area (Å²) in [4.78, 5) is 19.5. The molecule has 0 unspecified atom stereocenters. The summed E-state index contributed by atoms with van der Waals surface area (Å²) in [5, 5.41) is 0. The highest BCUT2D eigenvalue weighted by atomic mass is 32.2. The summed E-state index contributed by atoms with van der Waals surface area (Å²) in [6.07, 6.45) is 3.44. The van der Waals surface area contributed by atoms with Crippen molar-refractivity contribution >= 4 is 15.9 Å². The number of carbonyl (C=O) groups excluding carboxylic acids is 1. The van der Waals surface area contributed by atoms with Crippen LogP contribution in [0.15, 0.2) is 6.07 Å². The van der Waals surface area contributed by atoms with Crippen molar-refractivity contribution in [3.8, 4) is 0 Å². The van der Waals surface area contributed by atoms with Crippen LogP contribution in [0, 0.1) is 6.92 Å². The van der Waals surface area contributed by atoms with E-state index in [9.17, 15) is 13.2 Å². The fraction of sp³-hybridized carbons (Fsp3) is 0.615. The van der Waals surface area contributed by atoms with E-state index in [1.165, 1.54) is 10.6 Å². The Hall–Kier alpha value is -1.54. The molecule has 7 nitrogen and oxygen atoms in total. The van der Waals surface area contributed by atoms with Gasteiger partial charge >= 0.3 is 0 Å². The third kappa shape index (κ3) is 3.98. The van der Waals surface area contributed by atoms with Gasteiger partial charge in [0.25, 0.3) is 0 Å². The second-order valence-corrected chi connectivity index (χ2v) is 7.26. The molecule has 1 aromatic rings. The van der Waals surface area contributed by atoms with Gasteiger partial charge in [-0.25, -0.2) is 18.4 Å². The molecule has 2 N–H and O–H groups in total. The first-order valence-corrected chi connectivity index (χ1v) is 8.72. The normalized spacial score (nSPS) is 19.8. The number of aryl methyl sites for hydroxylation is 2. The predicted molar refractivity (Wildman–Crippen MR) is 77.8 cm³/mol. The summed E-state index contributed by atoms with van der Waals surface area (Å²) in [6.45, 7) is 2.28. The molecule has 1 aliphatic rings. The largest absolute Gasteiger partial charge is 0.370 e. The molecular formula is C13H20N4O3S. The van der Waals surface area contributed by atoms with Crippen molar-refractivity contribution in [2.45, 2.75) is 38.6 Å². The zero-order valence-corrected chi connectivity index (χ0v) is 13.1.